The summed E-state index contributed by atoms with van der Waals surface area (Å²) < 4.78 is 0. The largest absolute Gasteiger partial charge is 0.310 e. The zero-order chi connectivity index (χ0) is 13.0. The maximum Gasteiger partial charge on any atom is 0.0418 e. The molecule has 0 bridgehead atoms. The van der Waals surface area contributed by atoms with Gasteiger partial charge in [-0.2, -0.15) is 0 Å². The smallest absolute Gasteiger partial charge is 0.0418 e. The lowest BCUT2D eigenvalue weighted by Crippen LogP contribution is -2.20. The highest BCUT2D eigenvalue weighted by molar-refractivity contribution is 7.12. The number of nitrogens with one attached hydrogen (secondary N) is 1. The molecule has 18 heavy (non-hydrogen) atoms. The molecule has 0 aliphatic carbocycles. The monoisotopic (exact) mass is 279 g/mol. The quantitative estimate of drug-likeness (QED) is 0.807. The summed E-state index contributed by atoms with van der Waals surface area (Å²) in [6.07, 6.45) is 2.36. The van der Waals surface area contributed by atoms with Crippen molar-refractivity contribution in [2.45, 2.75) is 39.7 Å². The van der Waals surface area contributed by atoms with Gasteiger partial charge in [0.25, 0.3) is 0 Å². The minimum absolute atomic E-state index is 0.509. The predicted octanol–water partition coefficient (Wildman–Crippen LogP) is 4.71. The molecule has 1 atom stereocenters. The SMILES string of the molecule is CCNC(CCc1cccs1)c1cc(C)c(C)s1. The Balaban J connectivity index is 2.03. The second-order valence-electron chi connectivity index (χ2n) is 4.62. The van der Waals surface area contributed by atoms with Crippen molar-refractivity contribution in [2.24, 2.45) is 0 Å². The molecule has 1 nitrogen and oxygen atoms in total. The van der Waals surface area contributed by atoms with Crippen LogP contribution in [0.2, 0.25) is 0 Å². The van der Waals surface area contributed by atoms with Crippen molar-refractivity contribution in [3.8, 4) is 0 Å². The highest BCUT2D eigenvalue weighted by Crippen LogP contribution is 2.29. The average Bonchev–Trinajstić information content (AvgIpc) is 2.96. The average molecular weight is 279 g/mol. The summed E-state index contributed by atoms with van der Waals surface area (Å²) in [6.45, 7) is 7.64. The fourth-order valence-electron chi connectivity index (χ4n) is 2.11. The van der Waals surface area contributed by atoms with Crippen LogP contribution in [0.3, 0.4) is 0 Å². The minimum atomic E-state index is 0.509. The van der Waals surface area contributed by atoms with Gasteiger partial charge in [0.1, 0.15) is 0 Å². The standard InChI is InChI=1S/C15H21NS2/c1-4-16-14(8-7-13-6-5-9-17-13)15-10-11(2)12(3)18-15/h5-6,9-10,14,16H,4,7-8H2,1-3H3. The molecule has 0 saturated heterocycles. The van der Waals surface area contributed by atoms with Gasteiger partial charge in [-0.1, -0.05) is 13.0 Å². The van der Waals surface area contributed by atoms with Gasteiger partial charge in [0.05, 0.1) is 0 Å². The van der Waals surface area contributed by atoms with Crippen molar-refractivity contribution < 1.29 is 0 Å². The predicted molar refractivity (Wildman–Crippen MR) is 82.9 cm³/mol. The van der Waals surface area contributed by atoms with Crippen LogP contribution in [0.1, 0.15) is 39.6 Å². The molecule has 0 fully saturated rings. The summed E-state index contributed by atoms with van der Waals surface area (Å²) in [5, 5.41) is 5.78. The van der Waals surface area contributed by atoms with Crippen molar-refractivity contribution in [3.05, 3.63) is 43.8 Å². The van der Waals surface area contributed by atoms with E-state index in [4.69, 9.17) is 0 Å². The number of hydrogen-bond acceptors (Lipinski definition) is 3. The molecule has 1 unspecified atom stereocenters. The Labute approximate surface area is 118 Å². The number of hydrogen-bond donors (Lipinski definition) is 1. The Morgan fingerprint density at radius 3 is 2.72 bits per heavy atom. The van der Waals surface area contributed by atoms with Crippen LogP contribution >= 0.6 is 22.7 Å². The van der Waals surface area contributed by atoms with Crippen molar-refractivity contribution in [2.75, 3.05) is 6.54 Å². The van der Waals surface area contributed by atoms with Crippen LogP contribution in [0.25, 0.3) is 0 Å². The van der Waals surface area contributed by atoms with Crippen LogP contribution in [0.15, 0.2) is 23.6 Å². The normalized spacial score (nSPS) is 12.8. The van der Waals surface area contributed by atoms with Gasteiger partial charge in [-0.3, -0.25) is 0 Å². The Kier molecular flexibility index (Phi) is 4.98. The molecule has 2 heterocycles. The van der Waals surface area contributed by atoms with Crippen LogP contribution < -0.4 is 5.32 Å². The van der Waals surface area contributed by atoms with Gasteiger partial charge in [-0.05, 0) is 56.3 Å². The van der Waals surface area contributed by atoms with E-state index in [1.807, 2.05) is 22.7 Å². The van der Waals surface area contributed by atoms with Crippen molar-refractivity contribution in [3.63, 3.8) is 0 Å². The van der Waals surface area contributed by atoms with E-state index in [0.717, 1.165) is 6.54 Å². The van der Waals surface area contributed by atoms with Crippen LogP contribution in [0.4, 0.5) is 0 Å². The minimum Gasteiger partial charge on any atom is -0.310 e. The van der Waals surface area contributed by atoms with E-state index in [1.165, 1.54) is 33.0 Å². The first kappa shape index (κ1) is 13.8. The van der Waals surface area contributed by atoms with E-state index in [0.29, 0.717) is 6.04 Å². The maximum absolute atomic E-state index is 3.62. The van der Waals surface area contributed by atoms with Gasteiger partial charge in [-0.15, -0.1) is 22.7 Å². The number of rotatable bonds is 6. The third-order valence-electron chi connectivity index (χ3n) is 3.24. The van der Waals surface area contributed by atoms with Crippen molar-refractivity contribution in [1.82, 2.24) is 5.32 Å². The molecule has 2 rings (SSSR count). The molecule has 0 radical (unpaired) electrons. The summed E-state index contributed by atoms with van der Waals surface area (Å²) in [5.41, 5.74) is 1.43. The molecule has 98 valence electrons. The Hall–Kier alpha value is -0.640. The van der Waals surface area contributed by atoms with E-state index in [9.17, 15) is 0 Å². The molecule has 2 aromatic heterocycles. The molecule has 0 saturated carbocycles. The van der Waals surface area contributed by atoms with Gasteiger partial charge in [0.2, 0.25) is 0 Å². The fourth-order valence-corrected chi connectivity index (χ4v) is 3.98. The van der Waals surface area contributed by atoms with Crippen molar-refractivity contribution in [1.29, 1.82) is 0 Å². The third-order valence-corrected chi connectivity index (χ3v) is 5.44. The number of aryl methyl sites for hydroxylation is 3. The molecular weight excluding hydrogens is 258 g/mol. The topological polar surface area (TPSA) is 12.0 Å². The molecule has 1 N–H and O–H groups in total. The Bertz CT molecular complexity index is 451. The van der Waals surface area contributed by atoms with E-state index in [2.05, 4.69) is 49.7 Å². The first-order valence-electron chi connectivity index (χ1n) is 6.53. The first-order valence-corrected chi connectivity index (χ1v) is 8.23. The summed E-state index contributed by atoms with van der Waals surface area (Å²) in [5.74, 6) is 0. The lowest BCUT2D eigenvalue weighted by atomic mass is 10.1. The third kappa shape index (κ3) is 3.44. The van der Waals surface area contributed by atoms with Gasteiger partial charge >= 0.3 is 0 Å². The zero-order valence-electron chi connectivity index (χ0n) is 11.3. The molecule has 0 amide bonds. The summed E-state index contributed by atoms with van der Waals surface area (Å²) >= 11 is 3.80. The van der Waals surface area contributed by atoms with Crippen LogP contribution in [-0.4, -0.2) is 6.54 Å². The molecule has 0 aliphatic rings. The molecule has 0 spiro atoms. The lowest BCUT2D eigenvalue weighted by molar-refractivity contribution is 0.524. The highest BCUT2D eigenvalue weighted by atomic mass is 32.1. The molecular formula is C15H21NS2. The van der Waals surface area contributed by atoms with Crippen molar-refractivity contribution >= 4 is 22.7 Å². The van der Waals surface area contributed by atoms with Gasteiger partial charge < -0.3 is 5.32 Å². The summed E-state index contributed by atoms with van der Waals surface area (Å²) in [6, 6.07) is 7.23. The second kappa shape index (κ2) is 6.50. The van der Waals surface area contributed by atoms with E-state index in [1.54, 1.807) is 0 Å². The van der Waals surface area contributed by atoms with Gasteiger partial charge in [-0.25, -0.2) is 0 Å². The summed E-state index contributed by atoms with van der Waals surface area (Å²) in [7, 11) is 0. The van der Waals surface area contributed by atoms with Crippen LogP contribution in [0.5, 0.6) is 0 Å². The van der Waals surface area contributed by atoms with Crippen LogP contribution in [0, 0.1) is 13.8 Å². The lowest BCUT2D eigenvalue weighted by Gasteiger charge is -2.15. The summed E-state index contributed by atoms with van der Waals surface area (Å²) in [4.78, 5) is 4.43. The highest BCUT2D eigenvalue weighted by Gasteiger charge is 2.14. The number of thiophene rings is 2. The van der Waals surface area contributed by atoms with E-state index < -0.39 is 0 Å². The van der Waals surface area contributed by atoms with E-state index in [-0.39, 0.29) is 0 Å². The van der Waals surface area contributed by atoms with Crippen LogP contribution in [-0.2, 0) is 6.42 Å². The Morgan fingerprint density at radius 1 is 1.33 bits per heavy atom. The molecule has 0 aliphatic heterocycles. The van der Waals surface area contributed by atoms with Gasteiger partial charge in [0.15, 0.2) is 0 Å². The fraction of sp³-hybridized carbons (Fsp3) is 0.467. The maximum atomic E-state index is 3.62. The van der Waals surface area contributed by atoms with Gasteiger partial charge in [0, 0.05) is 20.7 Å². The zero-order valence-corrected chi connectivity index (χ0v) is 13.0. The first-order chi connectivity index (χ1) is 8.70. The molecule has 3 heteroatoms. The van der Waals surface area contributed by atoms with E-state index >= 15 is 0 Å². The molecule has 0 aromatic carbocycles. The second-order valence-corrected chi connectivity index (χ2v) is 6.94. The molecule has 2 aromatic rings. The Morgan fingerprint density at radius 2 is 2.17 bits per heavy atom.